The van der Waals surface area contributed by atoms with Gasteiger partial charge in [0.25, 0.3) is 0 Å². The fourth-order valence-electron chi connectivity index (χ4n) is 2.11. The van der Waals surface area contributed by atoms with Crippen LogP contribution in [0.4, 0.5) is 13.2 Å². The number of nitrogens with zero attached hydrogens (tertiary/aromatic N) is 1. The number of pyridine rings is 1. The van der Waals surface area contributed by atoms with E-state index in [1.165, 1.54) is 6.07 Å². The SMILES string of the molecule is CO[C@@H]1COCC[C@H]1NCc1ccc(C(F)(F)F)cn1. The Hall–Kier alpha value is -1.18. The van der Waals surface area contributed by atoms with Gasteiger partial charge in [0.2, 0.25) is 0 Å². The maximum absolute atomic E-state index is 12.4. The molecule has 2 heterocycles. The molecule has 1 saturated heterocycles. The van der Waals surface area contributed by atoms with E-state index in [1.54, 1.807) is 7.11 Å². The lowest BCUT2D eigenvalue weighted by atomic mass is 10.1. The Morgan fingerprint density at radius 3 is 2.85 bits per heavy atom. The van der Waals surface area contributed by atoms with Crippen LogP contribution in [-0.4, -0.2) is 37.5 Å². The summed E-state index contributed by atoms with van der Waals surface area (Å²) in [6.45, 7) is 1.58. The van der Waals surface area contributed by atoms with Crippen LogP contribution in [0.25, 0.3) is 0 Å². The highest BCUT2D eigenvalue weighted by atomic mass is 19.4. The Balaban J connectivity index is 1.90. The summed E-state index contributed by atoms with van der Waals surface area (Å²) in [5.74, 6) is 0. The second-order valence-electron chi connectivity index (χ2n) is 4.66. The predicted octanol–water partition coefficient (Wildman–Crippen LogP) is 1.99. The smallest absolute Gasteiger partial charge is 0.379 e. The lowest BCUT2D eigenvalue weighted by molar-refractivity contribution is -0.137. The summed E-state index contributed by atoms with van der Waals surface area (Å²) in [5.41, 5.74) is -0.165. The Bertz CT molecular complexity index is 423. The van der Waals surface area contributed by atoms with Gasteiger partial charge in [0.1, 0.15) is 0 Å². The summed E-state index contributed by atoms with van der Waals surface area (Å²) >= 11 is 0. The lowest BCUT2D eigenvalue weighted by Gasteiger charge is -2.31. The maximum Gasteiger partial charge on any atom is 0.417 e. The van der Waals surface area contributed by atoms with E-state index in [1.807, 2.05) is 0 Å². The van der Waals surface area contributed by atoms with E-state index in [9.17, 15) is 13.2 Å². The number of nitrogens with one attached hydrogen (secondary N) is 1. The molecule has 0 aromatic carbocycles. The van der Waals surface area contributed by atoms with Crippen molar-refractivity contribution in [1.82, 2.24) is 10.3 Å². The van der Waals surface area contributed by atoms with Crippen molar-refractivity contribution in [2.45, 2.75) is 31.3 Å². The molecule has 4 nitrogen and oxygen atoms in total. The van der Waals surface area contributed by atoms with Crippen LogP contribution in [0.15, 0.2) is 18.3 Å². The van der Waals surface area contributed by atoms with Gasteiger partial charge in [0, 0.05) is 32.5 Å². The molecule has 0 radical (unpaired) electrons. The van der Waals surface area contributed by atoms with E-state index in [0.29, 0.717) is 25.5 Å². The minimum Gasteiger partial charge on any atom is -0.379 e. The van der Waals surface area contributed by atoms with Gasteiger partial charge in [0.15, 0.2) is 0 Å². The van der Waals surface area contributed by atoms with Gasteiger partial charge >= 0.3 is 6.18 Å². The van der Waals surface area contributed by atoms with Crippen molar-refractivity contribution in [3.8, 4) is 0 Å². The minimum atomic E-state index is -4.35. The largest absolute Gasteiger partial charge is 0.417 e. The first kappa shape index (κ1) is 15.2. The quantitative estimate of drug-likeness (QED) is 0.921. The van der Waals surface area contributed by atoms with Gasteiger partial charge in [-0.1, -0.05) is 0 Å². The molecule has 1 aromatic heterocycles. The van der Waals surface area contributed by atoms with Gasteiger partial charge in [-0.2, -0.15) is 13.2 Å². The molecule has 20 heavy (non-hydrogen) atoms. The van der Waals surface area contributed by atoms with E-state index in [2.05, 4.69) is 10.3 Å². The van der Waals surface area contributed by atoms with E-state index >= 15 is 0 Å². The first-order chi connectivity index (χ1) is 9.50. The molecule has 0 aliphatic carbocycles. The van der Waals surface area contributed by atoms with Crippen molar-refractivity contribution in [3.63, 3.8) is 0 Å². The molecule has 0 spiro atoms. The van der Waals surface area contributed by atoms with Crippen LogP contribution >= 0.6 is 0 Å². The summed E-state index contributed by atoms with van der Waals surface area (Å²) in [5, 5.41) is 3.25. The molecule has 1 aromatic rings. The average Bonchev–Trinajstić information content (AvgIpc) is 2.45. The third-order valence-electron chi connectivity index (χ3n) is 3.30. The van der Waals surface area contributed by atoms with Crippen molar-refractivity contribution >= 4 is 0 Å². The fourth-order valence-corrected chi connectivity index (χ4v) is 2.11. The molecule has 0 bridgehead atoms. The summed E-state index contributed by atoms with van der Waals surface area (Å²) < 4.78 is 47.8. The second kappa shape index (κ2) is 6.51. The molecule has 1 N–H and O–H groups in total. The second-order valence-corrected chi connectivity index (χ2v) is 4.66. The van der Waals surface area contributed by atoms with Crippen molar-refractivity contribution in [2.75, 3.05) is 20.3 Å². The number of hydrogen-bond acceptors (Lipinski definition) is 4. The van der Waals surface area contributed by atoms with Gasteiger partial charge in [-0.25, -0.2) is 0 Å². The Kier molecular flexibility index (Phi) is 4.95. The number of halogens is 3. The zero-order chi connectivity index (χ0) is 14.6. The van der Waals surface area contributed by atoms with E-state index < -0.39 is 11.7 Å². The number of methoxy groups -OCH3 is 1. The number of hydrogen-bond donors (Lipinski definition) is 1. The van der Waals surface area contributed by atoms with E-state index in [-0.39, 0.29) is 12.1 Å². The minimum absolute atomic E-state index is 0.0433. The highest BCUT2D eigenvalue weighted by molar-refractivity contribution is 5.16. The van der Waals surface area contributed by atoms with Gasteiger partial charge in [-0.3, -0.25) is 4.98 Å². The number of alkyl halides is 3. The summed E-state index contributed by atoms with van der Waals surface area (Å²) in [6, 6.07) is 2.55. The summed E-state index contributed by atoms with van der Waals surface area (Å²) in [7, 11) is 1.62. The van der Waals surface area contributed by atoms with E-state index in [4.69, 9.17) is 9.47 Å². The number of ether oxygens (including phenoxy) is 2. The summed E-state index contributed by atoms with van der Waals surface area (Å²) in [6.07, 6.45) is -2.73. The highest BCUT2D eigenvalue weighted by Gasteiger charge is 2.30. The molecular formula is C13H17F3N2O2. The van der Waals surface area contributed by atoms with Crippen LogP contribution in [0, 0.1) is 0 Å². The molecule has 7 heteroatoms. The molecule has 112 valence electrons. The molecule has 0 amide bonds. The Labute approximate surface area is 115 Å². The predicted molar refractivity (Wildman–Crippen MR) is 66.1 cm³/mol. The van der Waals surface area contributed by atoms with Crippen LogP contribution in [-0.2, 0) is 22.2 Å². The third kappa shape index (κ3) is 3.91. The van der Waals surface area contributed by atoms with Crippen molar-refractivity contribution in [2.24, 2.45) is 0 Å². The van der Waals surface area contributed by atoms with Gasteiger partial charge in [-0.05, 0) is 18.6 Å². The first-order valence-corrected chi connectivity index (χ1v) is 6.37. The van der Waals surface area contributed by atoms with Gasteiger partial charge in [-0.15, -0.1) is 0 Å². The van der Waals surface area contributed by atoms with Gasteiger partial charge in [0.05, 0.1) is 24.0 Å². The highest BCUT2D eigenvalue weighted by Crippen LogP contribution is 2.28. The molecule has 1 aliphatic heterocycles. The molecule has 1 fully saturated rings. The van der Waals surface area contributed by atoms with Gasteiger partial charge < -0.3 is 14.8 Å². The first-order valence-electron chi connectivity index (χ1n) is 6.37. The molecule has 2 atom stereocenters. The standard InChI is InChI=1S/C13H17F3N2O2/c1-19-12-8-20-5-4-11(12)18-7-10-3-2-9(6-17-10)13(14,15)16/h2-3,6,11-12,18H,4-5,7-8H2,1H3/t11-,12-/m1/s1. The summed E-state index contributed by atoms with van der Waals surface area (Å²) in [4.78, 5) is 3.83. The topological polar surface area (TPSA) is 43.4 Å². The van der Waals surface area contributed by atoms with Crippen molar-refractivity contribution in [1.29, 1.82) is 0 Å². The molecule has 0 unspecified atom stereocenters. The zero-order valence-corrected chi connectivity index (χ0v) is 11.1. The third-order valence-corrected chi connectivity index (χ3v) is 3.30. The fraction of sp³-hybridized carbons (Fsp3) is 0.615. The van der Waals surface area contributed by atoms with Crippen molar-refractivity contribution < 1.29 is 22.6 Å². The Morgan fingerprint density at radius 2 is 2.25 bits per heavy atom. The molecule has 0 saturated carbocycles. The van der Waals surface area contributed by atoms with E-state index in [0.717, 1.165) is 18.7 Å². The number of aromatic nitrogens is 1. The average molecular weight is 290 g/mol. The maximum atomic E-state index is 12.4. The van der Waals surface area contributed by atoms with Crippen LogP contribution < -0.4 is 5.32 Å². The Morgan fingerprint density at radius 1 is 1.45 bits per heavy atom. The zero-order valence-electron chi connectivity index (χ0n) is 11.1. The van der Waals surface area contributed by atoms with Crippen molar-refractivity contribution in [3.05, 3.63) is 29.6 Å². The normalized spacial score (nSPS) is 23.8. The monoisotopic (exact) mass is 290 g/mol. The van der Waals surface area contributed by atoms with Crippen LogP contribution in [0.2, 0.25) is 0 Å². The van der Waals surface area contributed by atoms with Crippen LogP contribution in [0.1, 0.15) is 17.7 Å². The molecular weight excluding hydrogens is 273 g/mol. The molecule has 2 rings (SSSR count). The molecule has 1 aliphatic rings. The van der Waals surface area contributed by atoms with Crippen LogP contribution in [0.5, 0.6) is 0 Å². The van der Waals surface area contributed by atoms with Crippen LogP contribution in [0.3, 0.4) is 0 Å². The number of rotatable bonds is 4. The lowest BCUT2D eigenvalue weighted by Crippen LogP contribution is -2.47.